The van der Waals surface area contributed by atoms with Crippen LogP contribution in [0, 0.1) is 12.8 Å². The molecule has 2 aromatic rings. The van der Waals surface area contributed by atoms with E-state index in [4.69, 9.17) is 4.74 Å². The first-order valence-corrected chi connectivity index (χ1v) is 14.3. The van der Waals surface area contributed by atoms with Crippen LogP contribution in [0.3, 0.4) is 0 Å². The predicted octanol–water partition coefficient (Wildman–Crippen LogP) is 2.82. The van der Waals surface area contributed by atoms with Gasteiger partial charge in [-0.1, -0.05) is 0 Å². The summed E-state index contributed by atoms with van der Waals surface area (Å²) in [4.78, 5) is 30.0. The van der Waals surface area contributed by atoms with Gasteiger partial charge in [-0.2, -0.15) is 4.31 Å². The van der Waals surface area contributed by atoms with Gasteiger partial charge < -0.3 is 19.9 Å². The summed E-state index contributed by atoms with van der Waals surface area (Å²) in [5.74, 6) is -0.0304. The van der Waals surface area contributed by atoms with E-state index in [2.05, 4.69) is 10.2 Å². The lowest BCUT2D eigenvalue weighted by Crippen LogP contribution is -2.47. The van der Waals surface area contributed by atoms with Crippen molar-refractivity contribution < 1.29 is 22.7 Å². The molecule has 0 bridgehead atoms. The van der Waals surface area contributed by atoms with Crippen molar-refractivity contribution >= 4 is 27.5 Å². The zero-order valence-electron chi connectivity index (χ0n) is 21.8. The molecule has 2 saturated heterocycles. The summed E-state index contributed by atoms with van der Waals surface area (Å²) in [6.45, 7) is 7.81. The molecule has 1 N–H and O–H groups in total. The molecule has 2 amide bonds. The number of ether oxygens (including phenoxy) is 1. The van der Waals surface area contributed by atoms with Gasteiger partial charge in [-0.25, -0.2) is 8.42 Å². The topological polar surface area (TPSA) is 99.3 Å². The SMILES string of the molecule is CCOc1ccc(S(=O)(=O)N2CCC[C@H](C(=O)Nc3ccc(C(=O)N4CCN(C)CC4)cc3)C2)cc1C. The van der Waals surface area contributed by atoms with Crippen molar-refractivity contribution in [2.45, 2.75) is 31.6 Å². The molecule has 2 heterocycles. The summed E-state index contributed by atoms with van der Waals surface area (Å²) in [5.41, 5.74) is 1.92. The minimum atomic E-state index is -3.73. The highest BCUT2D eigenvalue weighted by Crippen LogP contribution is 2.28. The molecule has 2 aromatic carbocycles. The molecule has 0 spiro atoms. The number of amides is 2. The molecule has 37 heavy (non-hydrogen) atoms. The summed E-state index contributed by atoms with van der Waals surface area (Å²) in [5, 5.41) is 2.90. The van der Waals surface area contributed by atoms with Crippen molar-refractivity contribution in [3.8, 4) is 5.75 Å². The van der Waals surface area contributed by atoms with Crippen LogP contribution < -0.4 is 10.1 Å². The van der Waals surface area contributed by atoms with Gasteiger partial charge >= 0.3 is 0 Å². The van der Waals surface area contributed by atoms with Gasteiger partial charge in [-0.3, -0.25) is 9.59 Å². The maximum absolute atomic E-state index is 13.3. The molecule has 2 fully saturated rings. The van der Waals surface area contributed by atoms with E-state index >= 15 is 0 Å². The monoisotopic (exact) mass is 528 g/mol. The largest absolute Gasteiger partial charge is 0.494 e. The van der Waals surface area contributed by atoms with Crippen molar-refractivity contribution in [3.05, 3.63) is 53.6 Å². The number of piperazine rings is 1. The second-order valence-corrected chi connectivity index (χ2v) is 11.7. The standard InChI is InChI=1S/C27H36N4O5S/c1-4-36-25-12-11-24(18-20(25)2)37(34,35)31-13-5-6-22(19-31)26(32)28-23-9-7-21(8-10-23)27(33)30-16-14-29(3)15-17-30/h7-12,18,22H,4-6,13-17,19H2,1-3H3,(H,28,32)/t22-/m0/s1. The molecule has 200 valence electrons. The molecule has 0 aromatic heterocycles. The van der Waals surface area contributed by atoms with E-state index in [0.717, 1.165) is 18.7 Å². The second-order valence-electron chi connectivity index (χ2n) is 9.72. The van der Waals surface area contributed by atoms with E-state index in [0.29, 0.717) is 56.1 Å². The van der Waals surface area contributed by atoms with Crippen molar-refractivity contribution in [2.24, 2.45) is 5.92 Å². The highest BCUT2D eigenvalue weighted by Gasteiger charge is 2.33. The fraction of sp³-hybridized carbons (Fsp3) is 0.481. The van der Waals surface area contributed by atoms with Crippen molar-refractivity contribution in [3.63, 3.8) is 0 Å². The maximum atomic E-state index is 13.3. The average Bonchev–Trinajstić information content (AvgIpc) is 2.90. The molecule has 10 heteroatoms. The molecular formula is C27H36N4O5S. The molecule has 4 rings (SSSR count). The predicted molar refractivity (Wildman–Crippen MR) is 142 cm³/mol. The van der Waals surface area contributed by atoms with Crippen LogP contribution in [0.15, 0.2) is 47.4 Å². The Balaban J connectivity index is 1.37. The van der Waals surface area contributed by atoms with Gasteiger partial charge in [-0.05, 0) is 81.8 Å². The highest BCUT2D eigenvalue weighted by atomic mass is 32.2. The lowest BCUT2D eigenvalue weighted by molar-refractivity contribution is -0.120. The summed E-state index contributed by atoms with van der Waals surface area (Å²) in [6, 6.07) is 11.8. The summed E-state index contributed by atoms with van der Waals surface area (Å²) >= 11 is 0. The number of sulfonamides is 1. The number of piperidine rings is 1. The highest BCUT2D eigenvalue weighted by molar-refractivity contribution is 7.89. The quantitative estimate of drug-likeness (QED) is 0.593. The zero-order chi connectivity index (χ0) is 26.6. The third-order valence-electron chi connectivity index (χ3n) is 7.03. The van der Waals surface area contributed by atoms with Crippen molar-refractivity contribution in [1.29, 1.82) is 0 Å². The Hall–Kier alpha value is -2.95. The Morgan fingerprint density at radius 3 is 2.38 bits per heavy atom. The number of aryl methyl sites for hydroxylation is 1. The van der Waals surface area contributed by atoms with Crippen LogP contribution in [0.1, 0.15) is 35.7 Å². The van der Waals surface area contributed by atoms with E-state index in [9.17, 15) is 18.0 Å². The van der Waals surface area contributed by atoms with Gasteiger partial charge in [0.15, 0.2) is 0 Å². The third-order valence-corrected chi connectivity index (χ3v) is 8.89. The van der Waals surface area contributed by atoms with E-state index < -0.39 is 15.9 Å². The number of likely N-dealkylation sites (N-methyl/N-ethyl adjacent to an activating group) is 1. The van der Waals surface area contributed by atoms with Gasteiger partial charge in [0.05, 0.1) is 17.4 Å². The van der Waals surface area contributed by atoms with Crippen molar-refractivity contribution in [2.75, 3.05) is 58.2 Å². The van der Waals surface area contributed by atoms with Gasteiger partial charge in [0.25, 0.3) is 5.91 Å². The van der Waals surface area contributed by atoms with Crippen LogP contribution >= 0.6 is 0 Å². The minimum Gasteiger partial charge on any atom is -0.494 e. The van der Waals surface area contributed by atoms with Crippen LogP contribution in [0.4, 0.5) is 5.69 Å². The summed E-state index contributed by atoms with van der Waals surface area (Å²) in [6.07, 6.45) is 1.21. The molecule has 0 radical (unpaired) electrons. The number of nitrogens with zero attached hydrogens (tertiary/aromatic N) is 3. The van der Waals surface area contributed by atoms with E-state index in [1.54, 1.807) is 42.5 Å². The normalized spacial score (nSPS) is 19.4. The number of anilines is 1. The molecular weight excluding hydrogens is 492 g/mol. The number of hydrogen-bond acceptors (Lipinski definition) is 6. The first-order valence-electron chi connectivity index (χ1n) is 12.8. The van der Waals surface area contributed by atoms with Gasteiger partial charge in [0, 0.05) is 50.5 Å². The number of carbonyl (C=O) groups excluding carboxylic acids is 2. The van der Waals surface area contributed by atoms with E-state index in [1.165, 1.54) is 4.31 Å². The molecule has 1 atom stereocenters. The number of benzene rings is 2. The molecule has 2 aliphatic rings. The van der Waals surface area contributed by atoms with Crippen LogP contribution in [-0.4, -0.2) is 87.3 Å². The fourth-order valence-corrected chi connectivity index (χ4v) is 6.37. The van der Waals surface area contributed by atoms with Gasteiger partial charge in [0.2, 0.25) is 15.9 Å². The van der Waals surface area contributed by atoms with Gasteiger partial charge in [0.1, 0.15) is 5.75 Å². The fourth-order valence-electron chi connectivity index (χ4n) is 4.76. The zero-order valence-corrected chi connectivity index (χ0v) is 22.6. The first-order chi connectivity index (χ1) is 17.7. The number of carbonyl (C=O) groups is 2. The summed E-state index contributed by atoms with van der Waals surface area (Å²) in [7, 11) is -1.69. The van der Waals surface area contributed by atoms with Gasteiger partial charge in [-0.15, -0.1) is 0 Å². The molecule has 0 aliphatic carbocycles. The molecule has 2 aliphatic heterocycles. The average molecular weight is 529 g/mol. The Morgan fingerprint density at radius 1 is 1.03 bits per heavy atom. The first kappa shape index (κ1) is 27.1. The lowest BCUT2D eigenvalue weighted by Gasteiger charge is -2.32. The number of nitrogens with one attached hydrogen (secondary N) is 1. The molecule has 0 unspecified atom stereocenters. The Bertz CT molecular complexity index is 1220. The van der Waals surface area contributed by atoms with Crippen LogP contribution in [0.5, 0.6) is 5.75 Å². The smallest absolute Gasteiger partial charge is 0.253 e. The number of hydrogen-bond donors (Lipinski definition) is 1. The third kappa shape index (κ3) is 6.31. The Kier molecular flexibility index (Phi) is 8.51. The molecule has 9 nitrogen and oxygen atoms in total. The van der Waals surface area contributed by atoms with E-state index in [1.807, 2.05) is 25.8 Å². The Labute approximate surface area is 219 Å². The number of rotatable bonds is 7. The summed E-state index contributed by atoms with van der Waals surface area (Å²) < 4.78 is 33.5. The molecule has 0 saturated carbocycles. The maximum Gasteiger partial charge on any atom is 0.253 e. The van der Waals surface area contributed by atoms with Crippen LogP contribution in [0.25, 0.3) is 0 Å². The van der Waals surface area contributed by atoms with Crippen molar-refractivity contribution in [1.82, 2.24) is 14.1 Å². The minimum absolute atomic E-state index is 0.0105. The van der Waals surface area contributed by atoms with Crippen LogP contribution in [0.2, 0.25) is 0 Å². The second kappa shape index (κ2) is 11.6. The lowest BCUT2D eigenvalue weighted by atomic mass is 9.98. The van der Waals surface area contributed by atoms with Crippen LogP contribution in [-0.2, 0) is 14.8 Å². The Morgan fingerprint density at radius 2 is 1.73 bits per heavy atom. The van der Waals surface area contributed by atoms with E-state index in [-0.39, 0.29) is 23.3 Å².